The minimum atomic E-state index is -0.517. The summed E-state index contributed by atoms with van der Waals surface area (Å²) in [6.45, 7) is 1.94. The Labute approximate surface area is 106 Å². The van der Waals surface area contributed by atoms with Crippen molar-refractivity contribution < 1.29 is 9.53 Å². The number of hydrogen-bond acceptors (Lipinski definition) is 6. The van der Waals surface area contributed by atoms with Crippen LogP contribution < -0.4 is 10.6 Å². The van der Waals surface area contributed by atoms with E-state index in [1.807, 2.05) is 0 Å². The highest BCUT2D eigenvalue weighted by Crippen LogP contribution is 2.09. The van der Waals surface area contributed by atoms with Gasteiger partial charge in [0.05, 0.1) is 7.11 Å². The molecule has 0 aromatic carbocycles. The minimum absolute atomic E-state index is 0.0847. The van der Waals surface area contributed by atoms with Crippen molar-refractivity contribution in [2.75, 3.05) is 25.5 Å². The molecule has 1 atom stereocenters. The smallest absolute Gasteiger partial charge is 0.376 e. The SMILES string of the molecule is COC(=O)c1nccc(NCCC2CCCN2)n1. The maximum absolute atomic E-state index is 11.3. The van der Waals surface area contributed by atoms with Gasteiger partial charge in [0.1, 0.15) is 5.82 Å². The number of anilines is 1. The summed E-state index contributed by atoms with van der Waals surface area (Å²) in [7, 11) is 1.32. The van der Waals surface area contributed by atoms with Crippen molar-refractivity contribution in [2.45, 2.75) is 25.3 Å². The summed E-state index contributed by atoms with van der Waals surface area (Å²) in [6.07, 6.45) is 5.09. The average Bonchev–Trinajstić information content (AvgIpc) is 2.91. The van der Waals surface area contributed by atoms with E-state index in [1.54, 1.807) is 12.3 Å². The molecule has 0 bridgehead atoms. The number of carbonyl (C=O) groups is 1. The Hall–Kier alpha value is -1.69. The zero-order chi connectivity index (χ0) is 12.8. The molecule has 0 spiro atoms. The van der Waals surface area contributed by atoms with Gasteiger partial charge in [-0.2, -0.15) is 0 Å². The molecular weight excluding hydrogens is 232 g/mol. The molecule has 2 heterocycles. The fourth-order valence-corrected chi connectivity index (χ4v) is 2.02. The van der Waals surface area contributed by atoms with E-state index < -0.39 is 5.97 Å². The topological polar surface area (TPSA) is 76.1 Å². The first kappa shape index (κ1) is 12.8. The zero-order valence-corrected chi connectivity index (χ0v) is 10.5. The largest absolute Gasteiger partial charge is 0.463 e. The molecule has 1 fully saturated rings. The first-order chi connectivity index (χ1) is 8.79. The van der Waals surface area contributed by atoms with Crippen molar-refractivity contribution >= 4 is 11.8 Å². The summed E-state index contributed by atoms with van der Waals surface area (Å²) < 4.78 is 4.58. The van der Waals surface area contributed by atoms with Gasteiger partial charge >= 0.3 is 5.97 Å². The van der Waals surface area contributed by atoms with E-state index in [0.717, 1.165) is 19.5 Å². The van der Waals surface area contributed by atoms with Crippen LogP contribution in [0.4, 0.5) is 5.82 Å². The van der Waals surface area contributed by atoms with Crippen LogP contribution in [0.25, 0.3) is 0 Å². The Balaban J connectivity index is 1.83. The highest BCUT2D eigenvalue weighted by atomic mass is 16.5. The van der Waals surface area contributed by atoms with Gasteiger partial charge in [0.25, 0.3) is 0 Å². The Morgan fingerprint density at radius 2 is 2.56 bits per heavy atom. The van der Waals surface area contributed by atoms with Gasteiger partial charge in [0.2, 0.25) is 5.82 Å². The fourth-order valence-electron chi connectivity index (χ4n) is 2.02. The molecule has 18 heavy (non-hydrogen) atoms. The number of nitrogens with one attached hydrogen (secondary N) is 2. The molecule has 0 amide bonds. The number of esters is 1. The summed E-state index contributed by atoms with van der Waals surface area (Å²) >= 11 is 0. The maximum Gasteiger partial charge on any atom is 0.376 e. The molecule has 1 aromatic rings. The van der Waals surface area contributed by atoms with E-state index in [2.05, 4.69) is 25.3 Å². The van der Waals surface area contributed by atoms with Crippen molar-refractivity contribution in [2.24, 2.45) is 0 Å². The van der Waals surface area contributed by atoms with Crippen LogP contribution in [0.1, 0.15) is 29.9 Å². The standard InChI is InChI=1S/C12H18N4O2/c1-18-12(17)11-15-8-5-10(16-11)14-7-4-9-3-2-6-13-9/h5,8-9,13H,2-4,6-7H2,1H3,(H,14,15,16). The monoisotopic (exact) mass is 250 g/mol. The predicted octanol–water partition coefficient (Wildman–Crippen LogP) is 0.817. The highest BCUT2D eigenvalue weighted by molar-refractivity contribution is 5.85. The third-order valence-electron chi connectivity index (χ3n) is 2.98. The van der Waals surface area contributed by atoms with Crippen LogP contribution in [-0.4, -0.2) is 42.2 Å². The predicted molar refractivity (Wildman–Crippen MR) is 67.5 cm³/mol. The molecule has 1 aliphatic rings. The normalized spacial score (nSPS) is 18.6. The van der Waals surface area contributed by atoms with Crippen LogP contribution in [0.3, 0.4) is 0 Å². The van der Waals surface area contributed by atoms with Gasteiger partial charge in [-0.1, -0.05) is 0 Å². The van der Waals surface area contributed by atoms with Crippen molar-refractivity contribution in [3.8, 4) is 0 Å². The average molecular weight is 250 g/mol. The van der Waals surface area contributed by atoms with Gasteiger partial charge in [-0.3, -0.25) is 0 Å². The van der Waals surface area contributed by atoms with Gasteiger partial charge in [-0.15, -0.1) is 0 Å². The molecule has 1 saturated heterocycles. The molecule has 1 aliphatic heterocycles. The minimum Gasteiger partial charge on any atom is -0.463 e. The lowest BCUT2D eigenvalue weighted by atomic mass is 10.1. The van der Waals surface area contributed by atoms with E-state index in [0.29, 0.717) is 11.9 Å². The van der Waals surface area contributed by atoms with Crippen LogP contribution in [0, 0.1) is 0 Å². The molecule has 6 nitrogen and oxygen atoms in total. The van der Waals surface area contributed by atoms with E-state index in [-0.39, 0.29) is 5.82 Å². The number of aromatic nitrogens is 2. The third-order valence-corrected chi connectivity index (χ3v) is 2.98. The summed E-state index contributed by atoms with van der Waals surface area (Å²) in [4.78, 5) is 19.2. The van der Waals surface area contributed by atoms with Gasteiger partial charge in [-0.05, 0) is 31.9 Å². The molecule has 0 saturated carbocycles. The maximum atomic E-state index is 11.3. The summed E-state index contributed by atoms with van der Waals surface area (Å²) in [6, 6.07) is 2.34. The van der Waals surface area contributed by atoms with E-state index in [4.69, 9.17) is 0 Å². The Morgan fingerprint density at radius 3 is 3.28 bits per heavy atom. The van der Waals surface area contributed by atoms with Crippen LogP contribution >= 0.6 is 0 Å². The summed E-state index contributed by atoms with van der Waals surface area (Å²) in [5.74, 6) is 0.223. The molecule has 98 valence electrons. The van der Waals surface area contributed by atoms with E-state index >= 15 is 0 Å². The first-order valence-electron chi connectivity index (χ1n) is 6.18. The number of hydrogen-bond donors (Lipinski definition) is 2. The van der Waals surface area contributed by atoms with Crippen LogP contribution in [-0.2, 0) is 4.74 Å². The lowest BCUT2D eigenvalue weighted by molar-refractivity contribution is 0.0587. The Bertz CT molecular complexity index is 405. The second kappa shape index (κ2) is 6.30. The second-order valence-corrected chi connectivity index (χ2v) is 4.27. The Morgan fingerprint density at radius 1 is 1.67 bits per heavy atom. The molecule has 0 aliphatic carbocycles. The van der Waals surface area contributed by atoms with Gasteiger partial charge in [0, 0.05) is 18.8 Å². The van der Waals surface area contributed by atoms with E-state index in [1.165, 1.54) is 20.0 Å². The molecular formula is C12H18N4O2. The zero-order valence-electron chi connectivity index (χ0n) is 10.5. The fraction of sp³-hybridized carbons (Fsp3) is 0.583. The second-order valence-electron chi connectivity index (χ2n) is 4.27. The molecule has 0 radical (unpaired) electrons. The lowest BCUT2D eigenvalue weighted by Crippen LogP contribution is -2.24. The molecule has 1 unspecified atom stereocenters. The van der Waals surface area contributed by atoms with Crippen molar-refractivity contribution in [3.63, 3.8) is 0 Å². The summed E-state index contributed by atoms with van der Waals surface area (Å²) in [5, 5.41) is 6.63. The lowest BCUT2D eigenvalue weighted by Gasteiger charge is -2.11. The quantitative estimate of drug-likeness (QED) is 0.753. The van der Waals surface area contributed by atoms with Crippen molar-refractivity contribution in [3.05, 3.63) is 18.1 Å². The van der Waals surface area contributed by atoms with Crippen molar-refractivity contribution in [1.82, 2.24) is 15.3 Å². The van der Waals surface area contributed by atoms with E-state index in [9.17, 15) is 4.79 Å². The number of carbonyl (C=O) groups excluding carboxylic acids is 1. The number of nitrogens with zero attached hydrogens (tertiary/aromatic N) is 2. The summed E-state index contributed by atoms with van der Waals surface area (Å²) in [5.41, 5.74) is 0. The number of ether oxygens (including phenoxy) is 1. The van der Waals surface area contributed by atoms with Gasteiger partial charge < -0.3 is 15.4 Å². The van der Waals surface area contributed by atoms with Crippen LogP contribution in [0.2, 0.25) is 0 Å². The number of methoxy groups -OCH3 is 1. The first-order valence-corrected chi connectivity index (χ1v) is 6.18. The molecule has 6 heteroatoms. The Kier molecular flexibility index (Phi) is 4.46. The van der Waals surface area contributed by atoms with Crippen LogP contribution in [0.5, 0.6) is 0 Å². The van der Waals surface area contributed by atoms with Crippen LogP contribution in [0.15, 0.2) is 12.3 Å². The molecule has 1 aromatic heterocycles. The van der Waals surface area contributed by atoms with Gasteiger partial charge in [-0.25, -0.2) is 14.8 Å². The van der Waals surface area contributed by atoms with Crippen molar-refractivity contribution in [1.29, 1.82) is 0 Å². The molecule has 2 rings (SSSR count). The molecule has 2 N–H and O–H groups in total. The third kappa shape index (κ3) is 3.40. The highest BCUT2D eigenvalue weighted by Gasteiger charge is 2.13. The van der Waals surface area contributed by atoms with Gasteiger partial charge in [0.15, 0.2) is 0 Å². The number of rotatable bonds is 5.